The summed E-state index contributed by atoms with van der Waals surface area (Å²) in [6.45, 7) is 0.266. The number of amides is 1. The first kappa shape index (κ1) is 21.0. The lowest BCUT2D eigenvalue weighted by molar-refractivity contribution is -0.137. The molecule has 33 heavy (non-hydrogen) atoms. The van der Waals surface area contributed by atoms with Crippen LogP contribution < -0.4 is 10.1 Å². The van der Waals surface area contributed by atoms with Gasteiger partial charge < -0.3 is 10.1 Å². The van der Waals surface area contributed by atoms with Crippen molar-refractivity contribution in [2.45, 2.75) is 18.1 Å². The van der Waals surface area contributed by atoms with Gasteiger partial charge in [-0.25, -0.2) is 0 Å². The minimum Gasteiger partial charge on any atom is -0.491 e. The molecule has 1 aliphatic rings. The van der Waals surface area contributed by atoms with Gasteiger partial charge in [0.15, 0.2) is 0 Å². The Bertz CT molecular complexity index is 1350. The number of fused-ring (bicyclic) bond motifs is 2. The highest BCUT2D eigenvalue weighted by atomic mass is 19.4. The minimum atomic E-state index is -4.46. The predicted octanol–water partition coefficient (Wildman–Crippen LogP) is 4.44. The highest BCUT2D eigenvalue weighted by molar-refractivity contribution is 5.98. The number of nitrogens with zero attached hydrogens (tertiary/aromatic N) is 3. The summed E-state index contributed by atoms with van der Waals surface area (Å²) in [5.41, 5.74) is 0.317. The largest absolute Gasteiger partial charge is 0.491 e. The molecule has 0 bridgehead atoms. The molecule has 2 aromatic heterocycles. The Morgan fingerprint density at radius 3 is 2.70 bits per heavy atom. The first-order chi connectivity index (χ1) is 15.8. The molecule has 1 N–H and O–H groups in total. The van der Waals surface area contributed by atoms with Crippen LogP contribution in [0, 0.1) is 0 Å². The van der Waals surface area contributed by atoms with Gasteiger partial charge in [0.25, 0.3) is 5.91 Å². The van der Waals surface area contributed by atoms with Crippen molar-refractivity contribution in [3.63, 3.8) is 0 Å². The monoisotopic (exact) mass is 452 g/mol. The Morgan fingerprint density at radius 2 is 1.94 bits per heavy atom. The van der Waals surface area contributed by atoms with Gasteiger partial charge in [0.05, 0.1) is 23.9 Å². The van der Waals surface area contributed by atoms with E-state index in [2.05, 4.69) is 15.4 Å². The molecule has 0 radical (unpaired) electrons. The van der Waals surface area contributed by atoms with Crippen molar-refractivity contribution in [2.75, 3.05) is 6.61 Å². The van der Waals surface area contributed by atoms with E-state index in [-0.39, 0.29) is 12.5 Å². The lowest BCUT2D eigenvalue weighted by Crippen LogP contribution is -2.50. The molecule has 2 aromatic carbocycles. The van der Waals surface area contributed by atoms with Crippen molar-refractivity contribution in [3.05, 3.63) is 89.4 Å². The Labute approximate surface area is 187 Å². The van der Waals surface area contributed by atoms with Gasteiger partial charge >= 0.3 is 6.18 Å². The topological polar surface area (TPSA) is 69.0 Å². The summed E-state index contributed by atoms with van der Waals surface area (Å²) in [6.07, 6.45) is -0.910. The maximum absolute atomic E-state index is 13.4. The van der Waals surface area contributed by atoms with E-state index in [4.69, 9.17) is 4.74 Å². The van der Waals surface area contributed by atoms with E-state index < -0.39 is 17.3 Å². The molecule has 0 unspecified atom stereocenters. The minimum absolute atomic E-state index is 0.266. The third-order valence-corrected chi connectivity index (χ3v) is 5.95. The van der Waals surface area contributed by atoms with E-state index in [0.29, 0.717) is 29.0 Å². The number of pyridine rings is 1. The summed E-state index contributed by atoms with van der Waals surface area (Å²) in [7, 11) is 1.81. The number of halogens is 3. The first-order valence-electron chi connectivity index (χ1n) is 10.3. The zero-order valence-electron chi connectivity index (χ0n) is 17.6. The standard InChI is InChI=1S/C24H19F3N4O2/c1-31-19-9-4-15(13-16(19)14-29-31)22(32)30-23(10-12-33-20-3-2-11-28-21(20)23)17-5-7-18(8-6-17)24(25,26)27/h2-9,11,13-14H,10,12H2,1H3,(H,30,32)/t23-/m0/s1. The number of benzene rings is 2. The van der Waals surface area contributed by atoms with E-state index in [1.807, 2.05) is 7.05 Å². The lowest BCUT2D eigenvalue weighted by atomic mass is 9.80. The van der Waals surface area contributed by atoms with E-state index in [1.165, 1.54) is 12.1 Å². The first-order valence-corrected chi connectivity index (χ1v) is 10.3. The molecule has 0 fully saturated rings. The fourth-order valence-electron chi connectivity index (χ4n) is 4.25. The molecule has 1 aliphatic heterocycles. The van der Waals surface area contributed by atoms with Crippen molar-refractivity contribution in [2.24, 2.45) is 7.05 Å². The zero-order chi connectivity index (χ0) is 23.2. The molecule has 0 saturated heterocycles. The van der Waals surface area contributed by atoms with Crippen LogP contribution in [0.15, 0.2) is 67.0 Å². The molecule has 1 amide bonds. The van der Waals surface area contributed by atoms with E-state index in [0.717, 1.165) is 23.0 Å². The van der Waals surface area contributed by atoms with E-state index in [1.54, 1.807) is 47.4 Å². The molecule has 5 rings (SSSR count). The summed E-state index contributed by atoms with van der Waals surface area (Å²) in [6, 6.07) is 13.5. The number of hydrogen-bond donors (Lipinski definition) is 1. The Kier molecular flexibility index (Phi) is 4.84. The van der Waals surface area contributed by atoms with Crippen molar-refractivity contribution in [1.29, 1.82) is 0 Å². The third kappa shape index (κ3) is 3.59. The number of rotatable bonds is 3. The zero-order valence-corrected chi connectivity index (χ0v) is 17.6. The van der Waals surface area contributed by atoms with Crippen molar-refractivity contribution in [1.82, 2.24) is 20.1 Å². The molecule has 0 saturated carbocycles. The molecule has 0 spiro atoms. The number of aryl methyl sites for hydroxylation is 1. The molecule has 3 heterocycles. The van der Waals surface area contributed by atoms with Crippen LogP contribution in [0.5, 0.6) is 5.75 Å². The highest BCUT2D eigenvalue weighted by Crippen LogP contribution is 2.41. The number of nitrogens with one attached hydrogen (secondary N) is 1. The molecule has 6 nitrogen and oxygen atoms in total. The second kappa shape index (κ2) is 7.61. The van der Waals surface area contributed by atoms with E-state index in [9.17, 15) is 18.0 Å². The van der Waals surface area contributed by atoms with Gasteiger partial charge in [-0.1, -0.05) is 12.1 Å². The molecular formula is C24H19F3N4O2. The summed E-state index contributed by atoms with van der Waals surface area (Å²) in [4.78, 5) is 17.8. The maximum Gasteiger partial charge on any atom is 0.416 e. The van der Waals surface area contributed by atoms with Gasteiger partial charge in [-0.05, 0) is 48.0 Å². The second-order valence-corrected chi connectivity index (χ2v) is 7.92. The summed E-state index contributed by atoms with van der Waals surface area (Å²) >= 11 is 0. The lowest BCUT2D eigenvalue weighted by Gasteiger charge is -2.39. The quantitative estimate of drug-likeness (QED) is 0.499. The SMILES string of the molecule is Cn1ncc2cc(C(=O)N[C@]3(c4ccc(C(F)(F)F)cc4)CCOc4cccnc43)ccc21. The van der Waals surface area contributed by atoms with Gasteiger partial charge in [-0.3, -0.25) is 14.5 Å². The van der Waals surface area contributed by atoms with Gasteiger partial charge in [0, 0.05) is 30.6 Å². The Hall–Kier alpha value is -3.88. The highest BCUT2D eigenvalue weighted by Gasteiger charge is 2.43. The average molecular weight is 452 g/mol. The molecule has 1 atom stereocenters. The van der Waals surface area contributed by atoms with Crippen LogP contribution in [0.1, 0.15) is 33.6 Å². The predicted molar refractivity (Wildman–Crippen MR) is 115 cm³/mol. The Morgan fingerprint density at radius 1 is 1.15 bits per heavy atom. The number of alkyl halides is 3. The van der Waals surface area contributed by atoms with Crippen LogP contribution in [-0.2, 0) is 18.8 Å². The molecular weight excluding hydrogens is 433 g/mol. The van der Waals surface area contributed by atoms with Gasteiger partial charge in [-0.15, -0.1) is 0 Å². The maximum atomic E-state index is 13.4. The van der Waals surface area contributed by atoms with Gasteiger partial charge in [0.2, 0.25) is 0 Å². The van der Waals surface area contributed by atoms with Crippen LogP contribution in [0.4, 0.5) is 13.2 Å². The van der Waals surface area contributed by atoms with Crippen molar-refractivity contribution in [3.8, 4) is 5.75 Å². The molecule has 9 heteroatoms. The number of ether oxygens (including phenoxy) is 1. The number of aromatic nitrogens is 3. The number of carbonyl (C=O) groups is 1. The van der Waals surface area contributed by atoms with Crippen LogP contribution >= 0.6 is 0 Å². The number of carbonyl (C=O) groups excluding carboxylic acids is 1. The van der Waals surface area contributed by atoms with Crippen LogP contribution in [0.3, 0.4) is 0 Å². The fraction of sp³-hybridized carbons (Fsp3) is 0.208. The smallest absolute Gasteiger partial charge is 0.416 e. The summed E-state index contributed by atoms with van der Waals surface area (Å²) in [5.74, 6) is 0.103. The van der Waals surface area contributed by atoms with Crippen LogP contribution in [0.2, 0.25) is 0 Å². The van der Waals surface area contributed by atoms with E-state index >= 15 is 0 Å². The second-order valence-electron chi connectivity index (χ2n) is 7.92. The van der Waals surface area contributed by atoms with Crippen molar-refractivity contribution < 1.29 is 22.7 Å². The molecule has 0 aliphatic carbocycles. The van der Waals surface area contributed by atoms with Crippen LogP contribution in [0.25, 0.3) is 10.9 Å². The molecule has 168 valence electrons. The Balaban J connectivity index is 1.59. The third-order valence-electron chi connectivity index (χ3n) is 5.95. The summed E-state index contributed by atoms with van der Waals surface area (Å²) in [5, 5.41) is 8.06. The van der Waals surface area contributed by atoms with Gasteiger partial charge in [-0.2, -0.15) is 18.3 Å². The van der Waals surface area contributed by atoms with Gasteiger partial charge in [0.1, 0.15) is 17.0 Å². The average Bonchev–Trinajstić information content (AvgIpc) is 3.19. The normalized spacial score (nSPS) is 17.9. The van der Waals surface area contributed by atoms with Crippen LogP contribution in [-0.4, -0.2) is 27.3 Å². The molecule has 4 aromatic rings. The fourth-order valence-corrected chi connectivity index (χ4v) is 4.25. The summed E-state index contributed by atoms with van der Waals surface area (Å²) < 4.78 is 46.9. The van der Waals surface area contributed by atoms with Crippen molar-refractivity contribution >= 4 is 16.8 Å². The number of hydrogen-bond acceptors (Lipinski definition) is 4.